The number of halogens is 1. The summed E-state index contributed by atoms with van der Waals surface area (Å²) in [5.74, 6) is 1.01. The summed E-state index contributed by atoms with van der Waals surface area (Å²) < 4.78 is 5.28. The zero-order valence-corrected chi connectivity index (χ0v) is 16.6. The molecule has 2 aromatic heterocycles. The topological polar surface area (TPSA) is 132 Å². The lowest BCUT2D eigenvalue weighted by atomic mass is 9.96. The van der Waals surface area contributed by atoms with E-state index in [4.69, 9.17) is 21.9 Å². The van der Waals surface area contributed by atoms with Gasteiger partial charge in [-0.05, 0) is 18.2 Å². The lowest BCUT2D eigenvalue weighted by Crippen LogP contribution is -2.18. The molecule has 1 aromatic carbocycles. The van der Waals surface area contributed by atoms with Crippen LogP contribution in [0.25, 0.3) is 11.5 Å². The van der Waals surface area contributed by atoms with E-state index in [-0.39, 0.29) is 29.0 Å². The first-order valence-electron chi connectivity index (χ1n) is 8.45. The maximum Gasteiger partial charge on any atom is 0.263 e. The number of nitrogens with one attached hydrogen (secondary N) is 2. The lowest BCUT2D eigenvalue weighted by Gasteiger charge is -2.11. The van der Waals surface area contributed by atoms with Crippen molar-refractivity contribution in [3.8, 4) is 11.5 Å². The summed E-state index contributed by atoms with van der Waals surface area (Å²) in [6.07, 6.45) is 1.51. The summed E-state index contributed by atoms with van der Waals surface area (Å²) in [4.78, 5) is 24.5. The van der Waals surface area contributed by atoms with Crippen molar-refractivity contribution in [3.05, 3.63) is 40.8 Å². The Labute approximate surface area is 166 Å². The summed E-state index contributed by atoms with van der Waals surface area (Å²) in [5.41, 5.74) is 7.21. The molecule has 2 heterocycles. The van der Waals surface area contributed by atoms with E-state index >= 15 is 0 Å². The molecule has 0 bridgehead atoms. The van der Waals surface area contributed by atoms with Crippen molar-refractivity contribution in [1.29, 1.82) is 0 Å². The van der Waals surface area contributed by atoms with E-state index in [1.54, 1.807) is 18.2 Å². The number of amides is 1. The predicted octanol–water partition coefficient (Wildman–Crippen LogP) is 3.16. The molecule has 0 saturated carbocycles. The Morgan fingerprint density at radius 2 is 2.00 bits per heavy atom. The Hall–Kier alpha value is -3.20. The summed E-state index contributed by atoms with van der Waals surface area (Å²) >= 11 is 6.15. The minimum Gasteiger partial charge on any atom is -0.383 e. The monoisotopic (exact) mass is 401 g/mol. The van der Waals surface area contributed by atoms with Crippen LogP contribution in [0.15, 0.2) is 28.9 Å². The van der Waals surface area contributed by atoms with Crippen LogP contribution in [0.4, 0.5) is 17.5 Å². The van der Waals surface area contributed by atoms with Gasteiger partial charge in [-0.2, -0.15) is 9.97 Å². The number of aromatic nitrogens is 4. The van der Waals surface area contributed by atoms with Gasteiger partial charge in [0.15, 0.2) is 5.82 Å². The smallest absolute Gasteiger partial charge is 0.263 e. The van der Waals surface area contributed by atoms with E-state index in [1.165, 1.54) is 13.2 Å². The predicted molar refractivity (Wildman–Crippen MR) is 107 cm³/mol. The first kappa shape index (κ1) is 19.6. The average Bonchev–Trinajstić information content (AvgIpc) is 3.11. The fourth-order valence-corrected chi connectivity index (χ4v) is 2.56. The van der Waals surface area contributed by atoms with Crippen LogP contribution >= 0.6 is 11.6 Å². The molecule has 3 aromatic rings. The molecular weight excluding hydrogens is 382 g/mol. The summed E-state index contributed by atoms with van der Waals surface area (Å²) in [7, 11) is 1.54. The molecule has 10 heteroatoms. The second kappa shape index (κ2) is 7.43. The highest BCUT2D eigenvalue weighted by Crippen LogP contribution is 2.28. The van der Waals surface area contributed by atoms with Crippen LogP contribution in [0.1, 0.15) is 37.0 Å². The molecule has 0 spiro atoms. The van der Waals surface area contributed by atoms with E-state index in [9.17, 15) is 4.79 Å². The maximum atomic E-state index is 11.7. The van der Waals surface area contributed by atoms with Crippen LogP contribution in [-0.4, -0.2) is 33.1 Å². The largest absolute Gasteiger partial charge is 0.383 e. The van der Waals surface area contributed by atoms with Gasteiger partial charge in [0.1, 0.15) is 11.4 Å². The van der Waals surface area contributed by atoms with Crippen molar-refractivity contribution < 1.29 is 9.32 Å². The van der Waals surface area contributed by atoms with Gasteiger partial charge in [-0.25, -0.2) is 4.98 Å². The third-order valence-corrected chi connectivity index (χ3v) is 4.16. The Morgan fingerprint density at radius 3 is 2.57 bits per heavy atom. The van der Waals surface area contributed by atoms with Crippen molar-refractivity contribution in [2.24, 2.45) is 0 Å². The van der Waals surface area contributed by atoms with Gasteiger partial charge in [-0.1, -0.05) is 37.5 Å². The molecule has 9 nitrogen and oxygen atoms in total. The third-order valence-electron chi connectivity index (χ3n) is 3.84. The highest BCUT2D eigenvalue weighted by molar-refractivity contribution is 6.34. The van der Waals surface area contributed by atoms with E-state index < -0.39 is 0 Å². The van der Waals surface area contributed by atoms with E-state index in [0.717, 1.165) is 0 Å². The lowest BCUT2D eigenvalue weighted by molar-refractivity contribution is 0.0963. The van der Waals surface area contributed by atoms with Gasteiger partial charge in [0.25, 0.3) is 11.8 Å². The summed E-state index contributed by atoms with van der Waals surface area (Å²) in [5, 5.41) is 9.79. The van der Waals surface area contributed by atoms with Crippen molar-refractivity contribution in [2.75, 3.05) is 18.1 Å². The molecule has 1 amide bonds. The molecule has 4 N–H and O–H groups in total. The minimum absolute atomic E-state index is 0.190. The van der Waals surface area contributed by atoms with Gasteiger partial charge in [-0.3, -0.25) is 4.79 Å². The van der Waals surface area contributed by atoms with Crippen molar-refractivity contribution >= 4 is 35.0 Å². The van der Waals surface area contributed by atoms with Crippen molar-refractivity contribution in [2.45, 2.75) is 26.2 Å². The molecule has 0 radical (unpaired) electrons. The molecule has 146 valence electrons. The zero-order chi connectivity index (χ0) is 20.5. The van der Waals surface area contributed by atoms with Crippen molar-refractivity contribution in [1.82, 2.24) is 25.4 Å². The van der Waals surface area contributed by atoms with Crippen LogP contribution in [-0.2, 0) is 5.41 Å². The van der Waals surface area contributed by atoms with Gasteiger partial charge in [-0.15, -0.1) is 0 Å². The van der Waals surface area contributed by atoms with Crippen LogP contribution in [0.5, 0.6) is 0 Å². The number of benzene rings is 1. The molecular formula is C18H20ClN7O2. The number of nitrogens with zero attached hydrogens (tertiary/aromatic N) is 4. The van der Waals surface area contributed by atoms with Crippen LogP contribution < -0.4 is 16.4 Å². The number of nitrogen functional groups attached to an aromatic ring is 1. The molecule has 0 unspecified atom stereocenters. The number of hydrogen-bond acceptors (Lipinski definition) is 8. The third kappa shape index (κ3) is 4.04. The summed E-state index contributed by atoms with van der Waals surface area (Å²) in [6, 6.07) is 4.90. The van der Waals surface area contributed by atoms with Gasteiger partial charge < -0.3 is 20.9 Å². The minimum atomic E-state index is -0.268. The molecule has 0 atom stereocenters. The van der Waals surface area contributed by atoms with Crippen LogP contribution in [0, 0.1) is 0 Å². The fourth-order valence-electron chi connectivity index (χ4n) is 2.30. The van der Waals surface area contributed by atoms with Gasteiger partial charge in [0.2, 0.25) is 5.95 Å². The highest BCUT2D eigenvalue weighted by atomic mass is 35.5. The molecule has 0 aliphatic heterocycles. The van der Waals surface area contributed by atoms with Crippen LogP contribution in [0.3, 0.4) is 0 Å². The number of hydrogen-bond donors (Lipinski definition) is 3. The number of carbonyl (C=O) groups excluding carboxylic acids is 1. The van der Waals surface area contributed by atoms with Crippen LogP contribution in [0.2, 0.25) is 5.02 Å². The number of anilines is 3. The number of rotatable bonds is 4. The van der Waals surface area contributed by atoms with E-state index in [1.807, 2.05) is 20.8 Å². The van der Waals surface area contributed by atoms with E-state index in [2.05, 4.69) is 30.7 Å². The van der Waals surface area contributed by atoms with Crippen molar-refractivity contribution in [3.63, 3.8) is 0 Å². The van der Waals surface area contributed by atoms with Gasteiger partial charge in [0, 0.05) is 24.3 Å². The SMILES string of the molecule is CNC(=O)c1ccc(Nc2ncc(-c3nc(C(C)(C)C)no3)c(N)n2)cc1Cl. The van der Waals surface area contributed by atoms with E-state index in [0.29, 0.717) is 27.7 Å². The molecule has 0 fully saturated rings. The Bertz CT molecular complexity index is 1030. The molecule has 0 aliphatic rings. The Kier molecular flexibility index (Phi) is 5.19. The Morgan fingerprint density at radius 1 is 1.25 bits per heavy atom. The number of carbonyl (C=O) groups is 1. The van der Waals surface area contributed by atoms with Gasteiger partial charge >= 0.3 is 0 Å². The highest BCUT2D eigenvalue weighted by Gasteiger charge is 2.23. The maximum absolute atomic E-state index is 11.7. The molecule has 0 aliphatic carbocycles. The Balaban J connectivity index is 1.82. The normalized spacial score (nSPS) is 11.3. The second-order valence-electron chi connectivity index (χ2n) is 7.06. The molecule has 3 rings (SSSR count). The molecule has 0 saturated heterocycles. The molecule has 28 heavy (non-hydrogen) atoms. The quantitative estimate of drug-likeness (QED) is 0.607. The first-order chi connectivity index (χ1) is 13.2. The number of nitrogens with two attached hydrogens (primary N) is 1. The zero-order valence-electron chi connectivity index (χ0n) is 15.9. The second-order valence-corrected chi connectivity index (χ2v) is 7.47. The standard InChI is InChI=1S/C18H20ClN7O2/c1-18(2,3)16-25-15(28-26-16)11-8-22-17(24-13(11)20)23-9-5-6-10(12(19)7-9)14(27)21-4/h5-8H,1-4H3,(H,21,27)(H3,20,22,23,24). The first-order valence-corrected chi connectivity index (χ1v) is 8.82. The van der Waals surface area contributed by atoms with Gasteiger partial charge in [0.05, 0.1) is 10.6 Å². The average molecular weight is 402 g/mol. The summed E-state index contributed by atoms with van der Waals surface area (Å²) in [6.45, 7) is 5.94. The fraction of sp³-hybridized carbons (Fsp3) is 0.278.